The van der Waals surface area contributed by atoms with Gasteiger partial charge in [0.15, 0.2) is 15.7 Å². The first kappa shape index (κ1) is 21.9. The Bertz CT molecular complexity index is 1240. The number of nitrogen functional groups attached to an aromatic ring is 1. The molecule has 2 N–H and O–H groups in total. The van der Waals surface area contributed by atoms with Crippen molar-refractivity contribution in [2.24, 2.45) is 0 Å². The monoisotopic (exact) mass is 464 g/mol. The number of hydrogen-bond acceptors (Lipinski definition) is 7. The van der Waals surface area contributed by atoms with Gasteiger partial charge in [-0.15, -0.1) is 0 Å². The normalized spacial score (nSPS) is 19.9. The Balaban J connectivity index is 1.65. The van der Waals surface area contributed by atoms with Crippen LogP contribution in [0.15, 0.2) is 65.6 Å². The van der Waals surface area contributed by atoms with E-state index < -0.39 is 14.6 Å². The van der Waals surface area contributed by atoms with Crippen LogP contribution in [0.25, 0.3) is 11.4 Å². The Morgan fingerprint density at radius 1 is 1.09 bits per heavy atom. The van der Waals surface area contributed by atoms with Gasteiger partial charge >= 0.3 is 0 Å². The van der Waals surface area contributed by atoms with Crippen LogP contribution in [0.1, 0.15) is 31.9 Å². The van der Waals surface area contributed by atoms with Crippen LogP contribution in [-0.2, 0) is 19.3 Å². The highest BCUT2D eigenvalue weighted by Gasteiger charge is 2.58. The highest BCUT2D eigenvalue weighted by atomic mass is 32.2. The number of anilines is 2. The zero-order valence-corrected chi connectivity index (χ0v) is 19.5. The molecule has 2 aliphatic rings. The summed E-state index contributed by atoms with van der Waals surface area (Å²) in [6.45, 7) is 4.06. The molecule has 7 nitrogen and oxygen atoms in total. The molecule has 3 aromatic rings. The Hall–Kier alpha value is -2.97. The minimum Gasteiger partial charge on any atom is -0.399 e. The third kappa shape index (κ3) is 3.87. The molecular weight excluding hydrogens is 436 g/mol. The van der Waals surface area contributed by atoms with E-state index in [0.717, 1.165) is 17.8 Å². The minimum atomic E-state index is -3.61. The average molecular weight is 465 g/mol. The Labute approximate surface area is 194 Å². The standard InChI is InChI=1S/C25H28N4O3S/c1-2-20-17-32-15-14-29(20)23-16-22(27-24(28-23)18-8-10-19(26)11-9-18)25(12-13-25)33(30,31)21-6-4-3-5-7-21/h3-11,16,20H,2,12-15,17,26H2,1H3/t20-/m0/s1. The van der Waals surface area contributed by atoms with Gasteiger partial charge in [0, 0.05) is 23.9 Å². The molecule has 1 aliphatic heterocycles. The van der Waals surface area contributed by atoms with Crippen LogP contribution in [0.4, 0.5) is 11.5 Å². The van der Waals surface area contributed by atoms with Crippen LogP contribution in [0.2, 0.25) is 0 Å². The van der Waals surface area contributed by atoms with Gasteiger partial charge in [0.05, 0.1) is 29.8 Å². The summed E-state index contributed by atoms with van der Waals surface area (Å²) < 4.78 is 32.1. The molecule has 2 aromatic carbocycles. The summed E-state index contributed by atoms with van der Waals surface area (Å²) in [5.41, 5.74) is 7.90. The summed E-state index contributed by atoms with van der Waals surface area (Å²) >= 11 is 0. The fourth-order valence-electron chi connectivity index (χ4n) is 4.47. The number of nitrogens with zero attached hydrogens (tertiary/aromatic N) is 3. The summed E-state index contributed by atoms with van der Waals surface area (Å²) in [7, 11) is -3.61. The summed E-state index contributed by atoms with van der Waals surface area (Å²) in [5.74, 6) is 1.26. The predicted octanol–water partition coefficient (Wildman–Crippen LogP) is 3.80. The second-order valence-corrected chi connectivity index (χ2v) is 11.0. The number of aromatic nitrogens is 2. The third-order valence-electron chi connectivity index (χ3n) is 6.61. The van der Waals surface area contributed by atoms with E-state index >= 15 is 0 Å². The molecule has 1 saturated heterocycles. The molecular formula is C25H28N4O3S. The van der Waals surface area contributed by atoms with Crippen LogP contribution in [0.5, 0.6) is 0 Å². The van der Waals surface area contributed by atoms with Crippen LogP contribution in [0.3, 0.4) is 0 Å². The third-order valence-corrected chi connectivity index (χ3v) is 9.15. The lowest BCUT2D eigenvalue weighted by Gasteiger charge is -2.36. The van der Waals surface area contributed by atoms with E-state index in [0.29, 0.717) is 54.7 Å². The van der Waals surface area contributed by atoms with Crippen molar-refractivity contribution in [1.82, 2.24) is 9.97 Å². The van der Waals surface area contributed by atoms with E-state index in [2.05, 4.69) is 11.8 Å². The smallest absolute Gasteiger partial charge is 0.189 e. The second kappa shape index (κ2) is 8.43. The van der Waals surface area contributed by atoms with Crippen molar-refractivity contribution in [1.29, 1.82) is 0 Å². The van der Waals surface area contributed by atoms with Crippen LogP contribution >= 0.6 is 0 Å². The molecule has 1 aliphatic carbocycles. The van der Waals surface area contributed by atoms with Gasteiger partial charge < -0.3 is 15.4 Å². The summed E-state index contributed by atoms with van der Waals surface area (Å²) in [6.07, 6.45) is 1.99. The quantitative estimate of drug-likeness (QED) is 0.554. The highest BCUT2D eigenvalue weighted by molar-refractivity contribution is 7.92. The first-order valence-corrected chi connectivity index (χ1v) is 12.8. The number of benzene rings is 2. The van der Waals surface area contributed by atoms with Crippen molar-refractivity contribution >= 4 is 21.3 Å². The van der Waals surface area contributed by atoms with Crippen LogP contribution in [0, 0.1) is 0 Å². The zero-order valence-electron chi connectivity index (χ0n) is 18.6. The van der Waals surface area contributed by atoms with Crippen molar-refractivity contribution in [2.45, 2.75) is 41.9 Å². The van der Waals surface area contributed by atoms with E-state index in [1.807, 2.05) is 36.4 Å². The fourth-order valence-corrected chi connectivity index (χ4v) is 6.46. The molecule has 172 valence electrons. The Morgan fingerprint density at radius 2 is 1.82 bits per heavy atom. The topological polar surface area (TPSA) is 98.4 Å². The van der Waals surface area contributed by atoms with Gasteiger partial charge in [0.1, 0.15) is 10.6 Å². The number of morpholine rings is 1. The van der Waals surface area contributed by atoms with Gasteiger partial charge in [-0.1, -0.05) is 25.1 Å². The minimum absolute atomic E-state index is 0.182. The Morgan fingerprint density at radius 3 is 2.48 bits per heavy atom. The van der Waals surface area contributed by atoms with Gasteiger partial charge in [0.25, 0.3) is 0 Å². The molecule has 2 fully saturated rings. The van der Waals surface area contributed by atoms with Gasteiger partial charge in [-0.25, -0.2) is 18.4 Å². The SMILES string of the molecule is CC[C@H]1COCCN1c1cc(C2(S(=O)(=O)c3ccccc3)CC2)nc(-c2ccc(N)cc2)n1. The summed E-state index contributed by atoms with van der Waals surface area (Å²) in [4.78, 5) is 12.2. The second-order valence-electron chi connectivity index (χ2n) is 8.70. The molecule has 5 rings (SSSR count). The van der Waals surface area contributed by atoms with Crippen molar-refractivity contribution in [3.8, 4) is 11.4 Å². The Kier molecular flexibility index (Phi) is 5.58. The average Bonchev–Trinajstić information content (AvgIpc) is 3.68. The molecule has 0 amide bonds. The van der Waals surface area contributed by atoms with Gasteiger partial charge in [-0.2, -0.15) is 0 Å². The number of sulfone groups is 1. The van der Waals surface area contributed by atoms with E-state index in [1.54, 1.807) is 24.3 Å². The first-order valence-electron chi connectivity index (χ1n) is 11.3. The molecule has 33 heavy (non-hydrogen) atoms. The van der Waals surface area contributed by atoms with E-state index in [-0.39, 0.29) is 6.04 Å². The van der Waals surface area contributed by atoms with Gasteiger partial charge in [0.2, 0.25) is 0 Å². The lowest BCUT2D eigenvalue weighted by molar-refractivity contribution is 0.0925. The maximum Gasteiger partial charge on any atom is 0.189 e. The van der Waals surface area contributed by atoms with Gasteiger partial charge in [-0.05, 0) is 55.7 Å². The highest BCUT2D eigenvalue weighted by Crippen LogP contribution is 2.55. The fraction of sp³-hybridized carbons (Fsp3) is 0.360. The van der Waals surface area contributed by atoms with E-state index in [9.17, 15) is 8.42 Å². The number of nitrogens with two attached hydrogens (primary N) is 1. The molecule has 0 bridgehead atoms. The van der Waals surface area contributed by atoms with Gasteiger partial charge in [-0.3, -0.25) is 0 Å². The molecule has 1 saturated carbocycles. The lowest BCUT2D eigenvalue weighted by atomic mass is 10.1. The maximum atomic E-state index is 13.7. The number of ether oxygens (including phenoxy) is 1. The predicted molar refractivity (Wildman–Crippen MR) is 129 cm³/mol. The summed E-state index contributed by atoms with van der Waals surface area (Å²) in [6, 6.07) is 18.1. The molecule has 2 heterocycles. The molecule has 0 radical (unpaired) electrons. The molecule has 0 spiro atoms. The largest absolute Gasteiger partial charge is 0.399 e. The van der Waals surface area contributed by atoms with E-state index in [4.69, 9.17) is 20.4 Å². The zero-order chi connectivity index (χ0) is 23.1. The van der Waals surface area contributed by atoms with Crippen LogP contribution < -0.4 is 10.6 Å². The van der Waals surface area contributed by atoms with Crippen LogP contribution in [-0.4, -0.2) is 44.2 Å². The first-order chi connectivity index (χ1) is 15.9. The maximum absolute atomic E-state index is 13.7. The summed E-state index contributed by atoms with van der Waals surface area (Å²) in [5, 5.41) is 0. The van der Waals surface area contributed by atoms with E-state index in [1.165, 1.54) is 0 Å². The van der Waals surface area contributed by atoms with Crippen molar-refractivity contribution in [3.63, 3.8) is 0 Å². The number of hydrogen-bond donors (Lipinski definition) is 1. The molecule has 8 heteroatoms. The van der Waals surface area contributed by atoms with Crippen molar-refractivity contribution in [2.75, 3.05) is 30.4 Å². The molecule has 1 atom stereocenters. The molecule has 1 aromatic heterocycles. The number of rotatable bonds is 6. The van der Waals surface area contributed by atoms with Crippen molar-refractivity contribution < 1.29 is 13.2 Å². The molecule has 0 unspecified atom stereocenters. The lowest BCUT2D eigenvalue weighted by Crippen LogP contribution is -2.45. The van der Waals surface area contributed by atoms with Crippen molar-refractivity contribution in [3.05, 3.63) is 66.4 Å².